The fourth-order valence-corrected chi connectivity index (χ4v) is 3.07. The predicted octanol–water partition coefficient (Wildman–Crippen LogP) is 3.45. The van der Waals surface area contributed by atoms with Gasteiger partial charge >= 0.3 is 5.97 Å². The Balaban J connectivity index is 2.12. The Bertz CT molecular complexity index is 560. The van der Waals surface area contributed by atoms with Crippen molar-refractivity contribution in [2.24, 2.45) is 5.92 Å². The van der Waals surface area contributed by atoms with Gasteiger partial charge in [-0.1, -0.05) is 29.8 Å². The van der Waals surface area contributed by atoms with Crippen LogP contribution in [0.2, 0.25) is 0 Å². The van der Waals surface area contributed by atoms with E-state index in [9.17, 15) is 9.90 Å². The van der Waals surface area contributed by atoms with Crippen LogP contribution < -0.4 is 4.74 Å². The van der Waals surface area contributed by atoms with E-state index in [2.05, 4.69) is 0 Å². The van der Waals surface area contributed by atoms with Crippen LogP contribution in [0.1, 0.15) is 45.1 Å². The third-order valence-electron chi connectivity index (χ3n) is 4.11. The number of rotatable bonds is 7. The van der Waals surface area contributed by atoms with Crippen LogP contribution in [-0.2, 0) is 9.53 Å². The van der Waals surface area contributed by atoms with Crippen molar-refractivity contribution in [1.29, 1.82) is 0 Å². The Morgan fingerprint density at radius 2 is 2.13 bits per heavy atom. The number of carbonyl (C=O) groups is 1. The summed E-state index contributed by atoms with van der Waals surface area (Å²) in [7, 11) is 0. The number of aliphatic hydroxyl groups excluding tert-OH is 1. The fraction of sp³-hybridized carbons (Fsp3) is 0.526. The van der Waals surface area contributed by atoms with Crippen molar-refractivity contribution in [3.63, 3.8) is 0 Å². The van der Waals surface area contributed by atoms with E-state index in [0.29, 0.717) is 26.1 Å². The second-order valence-corrected chi connectivity index (χ2v) is 6.20. The van der Waals surface area contributed by atoms with E-state index < -0.39 is 6.10 Å². The third-order valence-corrected chi connectivity index (χ3v) is 4.11. The van der Waals surface area contributed by atoms with E-state index in [1.54, 1.807) is 0 Å². The van der Waals surface area contributed by atoms with Crippen molar-refractivity contribution < 1.29 is 19.4 Å². The van der Waals surface area contributed by atoms with Crippen LogP contribution in [0.15, 0.2) is 35.9 Å². The zero-order chi connectivity index (χ0) is 16.8. The average molecular weight is 318 g/mol. The van der Waals surface area contributed by atoms with Gasteiger partial charge in [-0.25, -0.2) is 0 Å². The lowest BCUT2D eigenvalue weighted by Gasteiger charge is -2.22. The van der Waals surface area contributed by atoms with E-state index >= 15 is 0 Å². The largest absolute Gasteiger partial charge is 0.493 e. The summed E-state index contributed by atoms with van der Waals surface area (Å²) < 4.78 is 11.0. The highest BCUT2D eigenvalue weighted by Crippen LogP contribution is 2.40. The molecule has 2 rings (SSSR count). The number of hydrogen-bond donors (Lipinski definition) is 1. The van der Waals surface area contributed by atoms with Gasteiger partial charge in [0.15, 0.2) is 0 Å². The highest BCUT2D eigenvalue weighted by Gasteiger charge is 2.36. The van der Waals surface area contributed by atoms with Crippen molar-refractivity contribution in [1.82, 2.24) is 0 Å². The molecule has 1 heterocycles. The van der Waals surface area contributed by atoms with Crippen molar-refractivity contribution in [3.8, 4) is 5.75 Å². The summed E-state index contributed by atoms with van der Waals surface area (Å²) in [6.07, 6.45) is 2.40. The number of allylic oxidation sites excluding steroid dienone is 1. The zero-order valence-electron chi connectivity index (χ0n) is 14.1. The number of hydrogen-bond acceptors (Lipinski definition) is 4. The standard InChI is InChI=1S/C19H26O4/c1-4-22-19(21)16(10-9-14(20)11-13(2)3)17-12-23-18-8-6-5-7-15(17)18/h5-8,11,14,16-17,20H,4,9-10,12H2,1-3H3. The Kier molecular flexibility index (Phi) is 6.22. The summed E-state index contributed by atoms with van der Waals surface area (Å²) in [6.45, 7) is 6.56. The van der Waals surface area contributed by atoms with Gasteiger partial charge in [-0.3, -0.25) is 4.79 Å². The van der Waals surface area contributed by atoms with Gasteiger partial charge in [-0.15, -0.1) is 0 Å². The number of benzene rings is 1. The second kappa shape index (κ2) is 8.16. The van der Waals surface area contributed by atoms with Gasteiger partial charge in [0.25, 0.3) is 0 Å². The Morgan fingerprint density at radius 3 is 2.83 bits per heavy atom. The number of fused-ring (bicyclic) bond motifs is 1. The smallest absolute Gasteiger partial charge is 0.309 e. The minimum absolute atomic E-state index is 0.0100. The van der Waals surface area contributed by atoms with Crippen LogP contribution in [-0.4, -0.2) is 30.4 Å². The summed E-state index contributed by atoms with van der Waals surface area (Å²) in [5.41, 5.74) is 2.13. The molecule has 0 radical (unpaired) electrons. The van der Waals surface area contributed by atoms with Gasteiger partial charge in [0.05, 0.1) is 25.2 Å². The minimum Gasteiger partial charge on any atom is -0.493 e. The molecule has 0 saturated carbocycles. The number of aliphatic hydroxyl groups is 1. The van der Waals surface area contributed by atoms with E-state index in [1.807, 2.05) is 51.1 Å². The first-order valence-electron chi connectivity index (χ1n) is 8.24. The zero-order valence-corrected chi connectivity index (χ0v) is 14.1. The van der Waals surface area contributed by atoms with Gasteiger partial charge in [0, 0.05) is 11.5 Å². The molecule has 4 nitrogen and oxygen atoms in total. The maximum absolute atomic E-state index is 12.4. The molecule has 1 aromatic carbocycles. The normalized spacial score (nSPS) is 18.5. The van der Waals surface area contributed by atoms with E-state index in [4.69, 9.17) is 9.47 Å². The third kappa shape index (κ3) is 4.58. The molecule has 0 aromatic heterocycles. The highest BCUT2D eigenvalue weighted by atomic mass is 16.5. The van der Waals surface area contributed by atoms with Crippen LogP contribution in [0.5, 0.6) is 5.75 Å². The van der Waals surface area contributed by atoms with Crippen molar-refractivity contribution in [3.05, 3.63) is 41.5 Å². The van der Waals surface area contributed by atoms with Crippen LogP contribution >= 0.6 is 0 Å². The molecule has 0 bridgehead atoms. The molecule has 0 fully saturated rings. The van der Waals surface area contributed by atoms with Crippen LogP contribution in [0.3, 0.4) is 0 Å². The predicted molar refractivity (Wildman–Crippen MR) is 89.5 cm³/mol. The SMILES string of the molecule is CCOC(=O)C(CCC(O)C=C(C)C)C1COc2ccccc21. The summed E-state index contributed by atoms with van der Waals surface area (Å²) in [5.74, 6) is 0.335. The number of carbonyl (C=O) groups excluding carboxylic acids is 1. The van der Waals surface area contributed by atoms with Gasteiger partial charge in [-0.2, -0.15) is 0 Å². The molecule has 0 amide bonds. The number of esters is 1. The number of para-hydroxylation sites is 1. The van der Waals surface area contributed by atoms with Crippen LogP contribution in [0, 0.1) is 5.92 Å². The molecule has 126 valence electrons. The molecule has 4 heteroatoms. The first-order chi connectivity index (χ1) is 11.0. The Labute approximate surface area is 138 Å². The molecule has 1 aliphatic heterocycles. The molecule has 1 N–H and O–H groups in total. The second-order valence-electron chi connectivity index (χ2n) is 6.20. The lowest BCUT2D eigenvalue weighted by Crippen LogP contribution is -2.27. The van der Waals surface area contributed by atoms with E-state index in [0.717, 1.165) is 16.9 Å². The Morgan fingerprint density at radius 1 is 1.39 bits per heavy atom. The summed E-state index contributed by atoms with van der Waals surface area (Å²) in [5, 5.41) is 10.1. The lowest BCUT2D eigenvalue weighted by atomic mass is 9.83. The molecule has 3 atom stereocenters. The lowest BCUT2D eigenvalue weighted by molar-refractivity contribution is -0.149. The molecule has 0 spiro atoms. The molecule has 3 unspecified atom stereocenters. The first kappa shape index (κ1) is 17.5. The highest BCUT2D eigenvalue weighted by molar-refractivity contribution is 5.74. The maximum Gasteiger partial charge on any atom is 0.309 e. The molecular weight excluding hydrogens is 292 g/mol. The van der Waals surface area contributed by atoms with Crippen molar-refractivity contribution in [2.75, 3.05) is 13.2 Å². The van der Waals surface area contributed by atoms with Gasteiger partial charge < -0.3 is 14.6 Å². The quantitative estimate of drug-likeness (QED) is 0.618. The topological polar surface area (TPSA) is 55.8 Å². The monoisotopic (exact) mass is 318 g/mol. The molecular formula is C19H26O4. The summed E-state index contributed by atoms with van der Waals surface area (Å²) >= 11 is 0. The Hall–Kier alpha value is -1.81. The minimum atomic E-state index is -0.533. The van der Waals surface area contributed by atoms with Crippen molar-refractivity contribution >= 4 is 5.97 Å². The molecule has 0 saturated heterocycles. The van der Waals surface area contributed by atoms with Crippen molar-refractivity contribution in [2.45, 2.75) is 45.6 Å². The van der Waals surface area contributed by atoms with Crippen LogP contribution in [0.25, 0.3) is 0 Å². The summed E-state index contributed by atoms with van der Waals surface area (Å²) in [4.78, 5) is 12.4. The fourth-order valence-electron chi connectivity index (χ4n) is 3.07. The van der Waals surface area contributed by atoms with Crippen LogP contribution in [0.4, 0.5) is 0 Å². The number of ether oxygens (including phenoxy) is 2. The van der Waals surface area contributed by atoms with E-state index in [1.165, 1.54) is 0 Å². The van der Waals surface area contributed by atoms with Gasteiger partial charge in [-0.05, 0) is 39.7 Å². The molecule has 23 heavy (non-hydrogen) atoms. The van der Waals surface area contributed by atoms with E-state index in [-0.39, 0.29) is 17.8 Å². The first-order valence-corrected chi connectivity index (χ1v) is 8.24. The molecule has 0 aliphatic carbocycles. The summed E-state index contributed by atoms with van der Waals surface area (Å²) in [6, 6.07) is 7.82. The van der Waals surface area contributed by atoms with Gasteiger partial charge in [0.2, 0.25) is 0 Å². The van der Waals surface area contributed by atoms with Gasteiger partial charge in [0.1, 0.15) is 5.75 Å². The maximum atomic E-state index is 12.4. The molecule has 1 aromatic rings. The molecule has 1 aliphatic rings. The average Bonchev–Trinajstić information content (AvgIpc) is 2.91.